The molecule has 132 valence electrons. The zero-order valence-electron chi connectivity index (χ0n) is 14.6. The number of urea groups is 1. The highest BCUT2D eigenvalue weighted by molar-refractivity contribution is 5.90. The molecule has 0 radical (unpaired) electrons. The van der Waals surface area contributed by atoms with E-state index in [1.54, 1.807) is 28.9 Å². The first-order valence-electron chi connectivity index (χ1n) is 8.57. The fourth-order valence-corrected chi connectivity index (χ4v) is 3.03. The molecule has 1 aromatic rings. The average Bonchev–Trinajstić information content (AvgIpc) is 2.59. The van der Waals surface area contributed by atoms with Crippen molar-refractivity contribution in [3.63, 3.8) is 0 Å². The molecular formula is C18H26FN3O2. The number of hydrogen-bond acceptors (Lipinski definition) is 2. The van der Waals surface area contributed by atoms with Crippen molar-refractivity contribution in [2.24, 2.45) is 5.92 Å². The van der Waals surface area contributed by atoms with Crippen molar-refractivity contribution in [2.45, 2.75) is 33.6 Å². The highest BCUT2D eigenvalue weighted by Gasteiger charge is 2.30. The van der Waals surface area contributed by atoms with Crippen LogP contribution >= 0.6 is 0 Å². The third kappa shape index (κ3) is 4.24. The molecule has 0 bridgehead atoms. The minimum absolute atomic E-state index is 0.110. The molecule has 0 saturated carbocycles. The van der Waals surface area contributed by atoms with Gasteiger partial charge in [-0.3, -0.25) is 4.79 Å². The molecule has 1 N–H and O–H groups in total. The van der Waals surface area contributed by atoms with Gasteiger partial charge < -0.3 is 15.1 Å². The molecule has 0 aromatic heterocycles. The van der Waals surface area contributed by atoms with E-state index in [0.29, 0.717) is 37.4 Å². The molecule has 6 heteroatoms. The predicted octanol–water partition coefficient (Wildman–Crippen LogP) is 3.25. The van der Waals surface area contributed by atoms with E-state index in [9.17, 15) is 14.0 Å². The van der Waals surface area contributed by atoms with Gasteiger partial charge >= 0.3 is 6.03 Å². The second-order valence-corrected chi connectivity index (χ2v) is 6.19. The maximum Gasteiger partial charge on any atom is 0.321 e. The number of anilines is 1. The molecule has 5 nitrogen and oxygen atoms in total. The van der Waals surface area contributed by atoms with Gasteiger partial charge in [-0.25, -0.2) is 9.18 Å². The zero-order chi connectivity index (χ0) is 17.7. The molecule has 2 rings (SSSR count). The Morgan fingerprint density at radius 1 is 1.33 bits per heavy atom. The highest BCUT2D eigenvalue weighted by Crippen LogP contribution is 2.20. The quantitative estimate of drug-likeness (QED) is 0.918. The molecule has 1 unspecified atom stereocenters. The maximum atomic E-state index is 13.6. The van der Waals surface area contributed by atoms with Gasteiger partial charge in [0, 0.05) is 31.9 Å². The number of halogens is 1. The van der Waals surface area contributed by atoms with E-state index in [0.717, 1.165) is 12.8 Å². The van der Waals surface area contributed by atoms with Crippen LogP contribution in [0.2, 0.25) is 0 Å². The van der Waals surface area contributed by atoms with Crippen molar-refractivity contribution in [1.29, 1.82) is 0 Å². The number of nitrogens with zero attached hydrogens (tertiary/aromatic N) is 2. The molecule has 1 fully saturated rings. The number of nitrogens with one attached hydrogen (secondary N) is 1. The van der Waals surface area contributed by atoms with Gasteiger partial charge in [-0.15, -0.1) is 0 Å². The van der Waals surface area contributed by atoms with E-state index in [1.165, 1.54) is 6.07 Å². The topological polar surface area (TPSA) is 52.7 Å². The van der Waals surface area contributed by atoms with E-state index in [1.807, 2.05) is 13.8 Å². The summed E-state index contributed by atoms with van der Waals surface area (Å²) in [6.45, 7) is 7.98. The summed E-state index contributed by atoms with van der Waals surface area (Å²) >= 11 is 0. The number of aryl methyl sites for hydroxylation is 1. The van der Waals surface area contributed by atoms with Gasteiger partial charge in [-0.05, 0) is 51.3 Å². The summed E-state index contributed by atoms with van der Waals surface area (Å²) in [4.78, 5) is 28.3. The third-order valence-electron chi connectivity index (χ3n) is 4.56. The molecule has 0 spiro atoms. The van der Waals surface area contributed by atoms with Crippen LogP contribution in [0.1, 0.15) is 32.3 Å². The average molecular weight is 335 g/mol. The number of hydrogen-bond donors (Lipinski definition) is 1. The van der Waals surface area contributed by atoms with E-state index in [-0.39, 0.29) is 23.7 Å². The molecule has 1 heterocycles. The standard InChI is InChI=1S/C18H26FN3O2/c1-4-21(5-2)17(23)14-7-6-10-22(12-14)18(24)20-15-9-8-13(3)16(19)11-15/h8-9,11,14H,4-7,10,12H2,1-3H3,(H,20,24). The first kappa shape index (κ1) is 18.2. The van der Waals surface area contributed by atoms with Crippen molar-refractivity contribution in [3.05, 3.63) is 29.6 Å². The lowest BCUT2D eigenvalue weighted by atomic mass is 9.96. The number of piperidine rings is 1. The Morgan fingerprint density at radius 2 is 2.04 bits per heavy atom. The monoisotopic (exact) mass is 335 g/mol. The highest BCUT2D eigenvalue weighted by atomic mass is 19.1. The Balaban J connectivity index is 1.99. The molecule has 24 heavy (non-hydrogen) atoms. The van der Waals surface area contributed by atoms with Crippen LogP contribution in [0, 0.1) is 18.7 Å². The lowest BCUT2D eigenvalue weighted by molar-refractivity contribution is -0.136. The van der Waals surface area contributed by atoms with Crippen LogP contribution in [0.25, 0.3) is 0 Å². The number of amides is 3. The zero-order valence-corrected chi connectivity index (χ0v) is 14.6. The summed E-state index contributed by atoms with van der Waals surface area (Å²) in [6, 6.07) is 4.35. The van der Waals surface area contributed by atoms with Gasteiger partial charge in [0.25, 0.3) is 0 Å². The second-order valence-electron chi connectivity index (χ2n) is 6.19. The second kappa shape index (κ2) is 8.13. The smallest absolute Gasteiger partial charge is 0.321 e. The fraction of sp³-hybridized carbons (Fsp3) is 0.556. The number of carbonyl (C=O) groups is 2. The van der Waals surface area contributed by atoms with Crippen LogP contribution in [-0.2, 0) is 4.79 Å². The SMILES string of the molecule is CCN(CC)C(=O)C1CCCN(C(=O)Nc2ccc(C)c(F)c2)C1. The minimum atomic E-state index is -0.346. The minimum Gasteiger partial charge on any atom is -0.343 e. The van der Waals surface area contributed by atoms with Crippen molar-refractivity contribution < 1.29 is 14.0 Å². The van der Waals surface area contributed by atoms with Gasteiger partial charge in [-0.2, -0.15) is 0 Å². The van der Waals surface area contributed by atoms with E-state index < -0.39 is 0 Å². The third-order valence-corrected chi connectivity index (χ3v) is 4.56. The maximum absolute atomic E-state index is 13.6. The number of carbonyl (C=O) groups excluding carboxylic acids is 2. The lowest BCUT2D eigenvalue weighted by Crippen LogP contribution is -2.47. The van der Waals surface area contributed by atoms with Crippen LogP contribution in [0.5, 0.6) is 0 Å². The van der Waals surface area contributed by atoms with Gasteiger partial charge in [0.05, 0.1) is 5.92 Å². The van der Waals surface area contributed by atoms with Crippen LogP contribution < -0.4 is 5.32 Å². The molecule has 1 aliphatic rings. The largest absolute Gasteiger partial charge is 0.343 e. The molecule has 0 aliphatic carbocycles. The van der Waals surface area contributed by atoms with Crippen molar-refractivity contribution in [1.82, 2.24) is 9.80 Å². The Bertz CT molecular complexity index is 602. The van der Waals surface area contributed by atoms with Crippen LogP contribution in [0.4, 0.5) is 14.9 Å². The Hall–Kier alpha value is -2.11. The van der Waals surface area contributed by atoms with Gasteiger partial charge in [0.1, 0.15) is 5.82 Å². The molecule has 1 atom stereocenters. The number of rotatable bonds is 4. The number of benzene rings is 1. The Morgan fingerprint density at radius 3 is 2.67 bits per heavy atom. The lowest BCUT2D eigenvalue weighted by Gasteiger charge is -2.34. The number of likely N-dealkylation sites (tertiary alicyclic amines) is 1. The van der Waals surface area contributed by atoms with Crippen LogP contribution in [0.3, 0.4) is 0 Å². The van der Waals surface area contributed by atoms with E-state index in [2.05, 4.69) is 5.32 Å². The molecule has 1 aliphatic heterocycles. The van der Waals surface area contributed by atoms with Crippen molar-refractivity contribution in [3.8, 4) is 0 Å². The summed E-state index contributed by atoms with van der Waals surface area (Å²) < 4.78 is 13.6. The molecule has 1 saturated heterocycles. The van der Waals surface area contributed by atoms with Crippen LogP contribution in [0.15, 0.2) is 18.2 Å². The summed E-state index contributed by atoms with van der Waals surface area (Å²) in [5.74, 6) is -0.390. The Kier molecular flexibility index (Phi) is 6.17. The molecular weight excluding hydrogens is 309 g/mol. The fourth-order valence-electron chi connectivity index (χ4n) is 3.03. The summed E-state index contributed by atoms with van der Waals surface area (Å²) in [5.41, 5.74) is 0.969. The molecule has 3 amide bonds. The normalized spacial score (nSPS) is 17.5. The van der Waals surface area contributed by atoms with Gasteiger partial charge in [0.15, 0.2) is 0 Å². The van der Waals surface area contributed by atoms with Crippen LogP contribution in [-0.4, -0.2) is 47.9 Å². The van der Waals surface area contributed by atoms with Gasteiger partial charge in [-0.1, -0.05) is 6.07 Å². The predicted molar refractivity (Wildman–Crippen MR) is 92.4 cm³/mol. The van der Waals surface area contributed by atoms with E-state index >= 15 is 0 Å². The van der Waals surface area contributed by atoms with E-state index in [4.69, 9.17) is 0 Å². The first-order chi connectivity index (χ1) is 11.5. The Labute approximate surface area is 142 Å². The molecule has 1 aromatic carbocycles. The summed E-state index contributed by atoms with van der Waals surface area (Å²) in [7, 11) is 0. The van der Waals surface area contributed by atoms with Gasteiger partial charge in [0.2, 0.25) is 5.91 Å². The van der Waals surface area contributed by atoms with Crippen molar-refractivity contribution >= 4 is 17.6 Å². The van der Waals surface area contributed by atoms with Crippen molar-refractivity contribution in [2.75, 3.05) is 31.5 Å². The first-order valence-corrected chi connectivity index (χ1v) is 8.57. The summed E-state index contributed by atoms with van der Waals surface area (Å²) in [5, 5.41) is 2.72. The summed E-state index contributed by atoms with van der Waals surface area (Å²) in [6.07, 6.45) is 1.60.